The Morgan fingerprint density at radius 3 is 1.88 bits per heavy atom. The Morgan fingerprint density at radius 2 is 1.21 bits per heavy atom. The summed E-state index contributed by atoms with van der Waals surface area (Å²) in [4.78, 5) is 25.2. The predicted molar refractivity (Wildman–Crippen MR) is 96.2 cm³/mol. The highest BCUT2D eigenvalue weighted by Crippen LogP contribution is 2.23. The van der Waals surface area contributed by atoms with E-state index in [4.69, 9.17) is 23.2 Å². The second-order valence-corrected chi connectivity index (χ2v) is 6.07. The van der Waals surface area contributed by atoms with Crippen molar-refractivity contribution >= 4 is 34.8 Å². The van der Waals surface area contributed by atoms with Crippen molar-refractivity contribution in [2.75, 3.05) is 0 Å². The normalized spacial score (nSPS) is 10.4. The first-order chi connectivity index (χ1) is 11.6. The number of ketones is 2. The van der Waals surface area contributed by atoms with Gasteiger partial charge in [0.25, 0.3) is 0 Å². The van der Waals surface area contributed by atoms with Gasteiger partial charge in [-0.3, -0.25) is 9.59 Å². The number of carbonyl (C=O) groups excluding carboxylic acids is 2. The van der Waals surface area contributed by atoms with Crippen LogP contribution in [0.1, 0.15) is 31.8 Å². The second-order valence-electron chi connectivity index (χ2n) is 5.23. The zero-order chi connectivity index (χ0) is 17.1. The van der Waals surface area contributed by atoms with Crippen molar-refractivity contribution in [3.05, 3.63) is 105 Å². The molecule has 2 nitrogen and oxygen atoms in total. The van der Waals surface area contributed by atoms with Crippen LogP contribution in [0.25, 0.3) is 0 Å². The standard InChI is InChI=1S/C20H12Cl2O2/c21-16-9-6-14(7-10-16)20(24)17-12-15(8-11-18(17)22)19(23)13-4-2-1-3-5-13/h1-12H. The molecule has 0 spiro atoms. The summed E-state index contributed by atoms with van der Waals surface area (Å²) >= 11 is 12.0. The van der Waals surface area contributed by atoms with Crippen LogP contribution in [0.3, 0.4) is 0 Å². The second kappa shape index (κ2) is 7.00. The molecular weight excluding hydrogens is 343 g/mol. The fourth-order valence-electron chi connectivity index (χ4n) is 2.35. The lowest BCUT2D eigenvalue weighted by molar-refractivity contribution is 0.103. The van der Waals surface area contributed by atoms with E-state index in [1.54, 1.807) is 60.7 Å². The molecule has 0 fully saturated rings. The Morgan fingerprint density at radius 1 is 0.625 bits per heavy atom. The minimum atomic E-state index is -0.251. The molecule has 4 heteroatoms. The van der Waals surface area contributed by atoms with E-state index in [9.17, 15) is 9.59 Å². The van der Waals surface area contributed by atoms with Crippen LogP contribution in [0.2, 0.25) is 10.0 Å². The molecule has 0 unspecified atom stereocenters. The highest BCUT2D eigenvalue weighted by atomic mass is 35.5. The molecule has 3 aromatic carbocycles. The molecule has 0 bridgehead atoms. The number of carbonyl (C=O) groups is 2. The molecule has 3 aromatic rings. The number of hydrogen-bond donors (Lipinski definition) is 0. The lowest BCUT2D eigenvalue weighted by Gasteiger charge is -2.07. The molecule has 0 aromatic heterocycles. The van der Waals surface area contributed by atoms with Gasteiger partial charge in [0.15, 0.2) is 11.6 Å². The molecule has 0 aliphatic carbocycles. The van der Waals surface area contributed by atoms with Gasteiger partial charge in [-0.2, -0.15) is 0 Å². The summed E-state index contributed by atoms with van der Waals surface area (Å²) < 4.78 is 0. The van der Waals surface area contributed by atoms with Crippen molar-refractivity contribution in [3.8, 4) is 0 Å². The van der Waals surface area contributed by atoms with Crippen molar-refractivity contribution < 1.29 is 9.59 Å². The molecule has 0 radical (unpaired) electrons. The van der Waals surface area contributed by atoms with Gasteiger partial charge in [0, 0.05) is 27.3 Å². The largest absolute Gasteiger partial charge is 0.289 e. The van der Waals surface area contributed by atoms with Gasteiger partial charge >= 0.3 is 0 Å². The maximum absolute atomic E-state index is 12.7. The molecule has 0 saturated heterocycles. The van der Waals surface area contributed by atoms with Gasteiger partial charge in [0.2, 0.25) is 0 Å². The van der Waals surface area contributed by atoms with Gasteiger partial charge in [-0.25, -0.2) is 0 Å². The van der Waals surface area contributed by atoms with E-state index in [-0.39, 0.29) is 11.6 Å². The first-order valence-corrected chi connectivity index (χ1v) is 8.01. The minimum absolute atomic E-state index is 0.155. The molecule has 0 N–H and O–H groups in total. The maximum atomic E-state index is 12.7. The summed E-state index contributed by atoms with van der Waals surface area (Å²) in [5, 5.41) is 0.852. The number of halogens is 2. The van der Waals surface area contributed by atoms with Gasteiger partial charge in [-0.15, -0.1) is 0 Å². The smallest absolute Gasteiger partial charge is 0.194 e. The first-order valence-electron chi connectivity index (χ1n) is 7.26. The third-order valence-electron chi connectivity index (χ3n) is 3.62. The Balaban J connectivity index is 1.99. The topological polar surface area (TPSA) is 34.1 Å². The van der Waals surface area contributed by atoms with Gasteiger partial charge in [-0.05, 0) is 42.5 Å². The summed E-state index contributed by atoms with van der Waals surface area (Å²) in [5.74, 6) is -0.406. The SMILES string of the molecule is O=C(c1ccccc1)c1ccc(Cl)c(C(=O)c2ccc(Cl)cc2)c1. The van der Waals surface area contributed by atoms with E-state index in [2.05, 4.69) is 0 Å². The van der Waals surface area contributed by atoms with Crippen molar-refractivity contribution in [2.24, 2.45) is 0 Å². The third-order valence-corrected chi connectivity index (χ3v) is 4.20. The summed E-state index contributed by atoms with van der Waals surface area (Å²) in [6, 6.07) is 20.2. The highest BCUT2D eigenvalue weighted by Gasteiger charge is 2.16. The maximum Gasteiger partial charge on any atom is 0.194 e. The lowest BCUT2D eigenvalue weighted by Crippen LogP contribution is -2.06. The van der Waals surface area contributed by atoms with E-state index >= 15 is 0 Å². The summed E-state index contributed by atoms with van der Waals surface area (Å²) in [7, 11) is 0. The average molecular weight is 355 g/mol. The summed E-state index contributed by atoms with van der Waals surface area (Å²) in [6.07, 6.45) is 0. The zero-order valence-corrected chi connectivity index (χ0v) is 14.0. The first kappa shape index (κ1) is 16.4. The van der Waals surface area contributed by atoms with Gasteiger partial charge < -0.3 is 0 Å². The Kier molecular flexibility index (Phi) is 4.79. The predicted octanol–water partition coefficient (Wildman–Crippen LogP) is 5.46. The quantitative estimate of drug-likeness (QED) is 0.583. The average Bonchev–Trinajstić information content (AvgIpc) is 2.62. The fraction of sp³-hybridized carbons (Fsp3) is 0. The van der Waals surface area contributed by atoms with E-state index in [1.165, 1.54) is 6.07 Å². The molecule has 0 atom stereocenters. The van der Waals surface area contributed by atoms with Crippen molar-refractivity contribution in [1.82, 2.24) is 0 Å². The number of hydrogen-bond acceptors (Lipinski definition) is 2. The van der Waals surface area contributed by atoms with E-state index in [0.29, 0.717) is 32.3 Å². The molecule has 3 rings (SSSR count). The van der Waals surface area contributed by atoms with Gasteiger partial charge in [0.1, 0.15) is 0 Å². The molecule has 0 aliphatic heterocycles. The van der Waals surface area contributed by atoms with Crippen LogP contribution in [0, 0.1) is 0 Å². The molecule has 24 heavy (non-hydrogen) atoms. The van der Waals surface area contributed by atoms with Crippen LogP contribution in [-0.4, -0.2) is 11.6 Å². The monoisotopic (exact) mass is 354 g/mol. The molecule has 0 heterocycles. The Labute approximate surface area is 149 Å². The fourth-order valence-corrected chi connectivity index (χ4v) is 2.68. The van der Waals surface area contributed by atoms with E-state index in [1.807, 2.05) is 6.07 Å². The van der Waals surface area contributed by atoms with Crippen LogP contribution < -0.4 is 0 Å². The van der Waals surface area contributed by atoms with Crippen LogP contribution in [0.4, 0.5) is 0 Å². The van der Waals surface area contributed by atoms with Crippen LogP contribution in [0.15, 0.2) is 72.8 Å². The Hall–Kier alpha value is -2.42. The number of benzene rings is 3. The minimum Gasteiger partial charge on any atom is -0.289 e. The van der Waals surface area contributed by atoms with Crippen molar-refractivity contribution in [1.29, 1.82) is 0 Å². The number of rotatable bonds is 4. The van der Waals surface area contributed by atoms with E-state index in [0.717, 1.165) is 0 Å². The molecule has 0 saturated carbocycles. The molecular formula is C20H12Cl2O2. The highest BCUT2D eigenvalue weighted by molar-refractivity contribution is 6.35. The van der Waals surface area contributed by atoms with Crippen LogP contribution in [-0.2, 0) is 0 Å². The summed E-state index contributed by atoms with van der Waals surface area (Å²) in [5.41, 5.74) is 1.74. The Bertz CT molecular complexity index is 901. The summed E-state index contributed by atoms with van der Waals surface area (Å²) in [6.45, 7) is 0. The van der Waals surface area contributed by atoms with Gasteiger partial charge in [0.05, 0.1) is 5.02 Å². The van der Waals surface area contributed by atoms with E-state index < -0.39 is 0 Å². The third kappa shape index (κ3) is 3.40. The molecule has 0 aliphatic rings. The van der Waals surface area contributed by atoms with Crippen LogP contribution >= 0.6 is 23.2 Å². The zero-order valence-electron chi connectivity index (χ0n) is 12.5. The van der Waals surface area contributed by atoms with Crippen LogP contribution in [0.5, 0.6) is 0 Å². The molecule has 118 valence electrons. The van der Waals surface area contributed by atoms with Crippen molar-refractivity contribution in [2.45, 2.75) is 0 Å². The van der Waals surface area contributed by atoms with Gasteiger partial charge in [-0.1, -0.05) is 53.5 Å². The lowest BCUT2D eigenvalue weighted by atomic mass is 9.97. The van der Waals surface area contributed by atoms with Crippen molar-refractivity contribution in [3.63, 3.8) is 0 Å². The molecule has 0 amide bonds.